The number of rotatable bonds is 5. The van der Waals surface area contributed by atoms with Gasteiger partial charge in [0.05, 0.1) is 13.2 Å². The Hall–Kier alpha value is -1.57. The standard InChI is InChI=1S/C17H25N3O/c1-17(2,14-18)20-12-10-19(11-13-20)9-8-15-4-6-16(21-3)7-5-15/h4-7H,8-13H2,1-3H3. The van der Waals surface area contributed by atoms with E-state index in [9.17, 15) is 5.26 Å². The molecule has 0 unspecified atom stereocenters. The SMILES string of the molecule is COc1ccc(CCN2CCN(C(C)(C)C#N)CC2)cc1. The van der Waals surface area contributed by atoms with Gasteiger partial charge >= 0.3 is 0 Å². The molecule has 1 aromatic carbocycles. The maximum Gasteiger partial charge on any atom is 0.118 e. The summed E-state index contributed by atoms with van der Waals surface area (Å²) in [4.78, 5) is 4.76. The summed E-state index contributed by atoms with van der Waals surface area (Å²) in [5, 5.41) is 9.19. The van der Waals surface area contributed by atoms with E-state index in [1.165, 1.54) is 5.56 Å². The van der Waals surface area contributed by atoms with Crippen LogP contribution in [0.25, 0.3) is 0 Å². The summed E-state index contributed by atoms with van der Waals surface area (Å²) in [6.45, 7) is 9.11. The molecule has 21 heavy (non-hydrogen) atoms. The molecule has 114 valence electrons. The molecule has 1 saturated heterocycles. The van der Waals surface area contributed by atoms with E-state index in [1.54, 1.807) is 7.11 Å². The Balaban J connectivity index is 1.77. The zero-order chi connectivity index (χ0) is 15.3. The van der Waals surface area contributed by atoms with Crippen LogP contribution in [0.4, 0.5) is 0 Å². The molecule has 0 N–H and O–H groups in total. The molecule has 1 heterocycles. The average molecular weight is 287 g/mol. The van der Waals surface area contributed by atoms with Crippen molar-refractivity contribution in [3.63, 3.8) is 0 Å². The molecule has 0 radical (unpaired) electrons. The van der Waals surface area contributed by atoms with Gasteiger partial charge in [0.1, 0.15) is 11.3 Å². The van der Waals surface area contributed by atoms with E-state index in [0.717, 1.165) is 44.9 Å². The van der Waals surface area contributed by atoms with Crippen molar-refractivity contribution in [2.45, 2.75) is 25.8 Å². The Bertz CT molecular complexity index is 482. The van der Waals surface area contributed by atoms with Crippen LogP contribution >= 0.6 is 0 Å². The zero-order valence-corrected chi connectivity index (χ0v) is 13.3. The molecule has 0 spiro atoms. The van der Waals surface area contributed by atoms with Gasteiger partial charge in [-0.1, -0.05) is 12.1 Å². The summed E-state index contributed by atoms with van der Waals surface area (Å²) in [6, 6.07) is 10.7. The number of hydrogen-bond donors (Lipinski definition) is 0. The smallest absolute Gasteiger partial charge is 0.118 e. The van der Waals surface area contributed by atoms with Crippen LogP contribution in [0.3, 0.4) is 0 Å². The Labute approximate surface area is 127 Å². The Morgan fingerprint density at radius 1 is 1.14 bits per heavy atom. The van der Waals surface area contributed by atoms with Crippen molar-refractivity contribution in [1.29, 1.82) is 5.26 Å². The molecule has 2 rings (SSSR count). The lowest BCUT2D eigenvalue weighted by Gasteiger charge is -2.40. The van der Waals surface area contributed by atoms with E-state index in [4.69, 9.17) is 4.74 Å². The molecule has 1 aliphatic heterocycles. The predicted molar refractivity (Wildman–Crippen MR) is 84.4 cm³/mol. The third kappa shape index (κ3) is 4.20. The maximum absolute atomic E-state index is 9.19. The lowest BCUT2D eigenvalue weighted by molar-refractivity contribution is 0.0808. The minimum atomic E-state index is -0.345. The molecule has 1 aliphatic rings. The van der Waals surface area contributed by atoms with Crippen molar-refractivity contribution < 1.29 is 4.74 Å². The van der Waals surface area contributed by atoms with Gasteiger partial charge in [-0.15, -0.1) is 0 Å². The van der Waals surface area contributed by atoms with Crippen LogP contribution in [0.2, 0.25) is 0 Å². The quantitative estimate of drug-likeness (QED) is 0.832. The first kappa shape index (κ1) is 15.8. The molecule has 4 heteroatoms. The van der Waals surface area contributed by atoms with Gasteiger partial charge in [-0.3, -0.25) is 4.90 Å². The number of benzene rings is 1. The van der Waals surface area contributed by atoms with Crippen LogP contribution in [0.5, 0.6) is 5.75 Å². The second-order valence-electron chi connectivity index (χ2n) is 6.10. The summed E-state index contributed by atoms with van der Waals surface area (Å²) in [6.07, 6.45) is 1.06. The summed E-state index contributed by atoms with van der Waals surface area (Å²) in [5.74, 6) is 0.908. The monoisotopic (exact) mass is 287 g/mol. The lowest BCUT2D eigenvalue weighted by Crippen LogP contribution is -2.54. The van der Waals surface area contributed by atoms with E-state index >= 15 is 0 Å². The molecule has 0 amide bonds. The summed E-state index contributed by atoms with van der Waals surface area (Å²) in [7, 11) is 1.69. The van der Waals surface area contributed by atoms with Gasteiger partial charge in [0.25, 0.3) is 0 Å². The minimum Gasteiger partial charge on any atom is -0.497 e. The van der Waals surface area contributed by atoms with E-state index < -0.39 is 0 Å². The molecule has 1 aromatic rings. The number of nitriles is 1. The minimum absolute atomic E-state index is 0.345. The highest BCUT2D eigenvalue weighted by atomic mass is 16.5. The van der Waals surface area contributed by atoms with Gasteiger partial charge < -0.3 is 9.64 Å². The topological polar surface area (TPSA) is 39.5 Å². The van der Waals surface area contributed by atoms with Crippen LogP contribution in [0.1, 0.15) is 19.4 Å². The van der Waals surface area contributed by atoms with Crippen LogP contribution in [0, 0.1) is 11.3 Å². The van der Waals surface area contributed by atoms with Crippen molar-refractivity contribution >= 4 is 0 Å². The predicted octanol–water partition coefficient (Wildman–Crippen LogP) is 2.16. The third-order valence-corrected chi connectivity index (χ3v) is 4.31. The van der Waals surface area contributed by atoms with Gasteiger partial charge in [-0.05, 0) is 38.0 Å². The average Bonchev–Trinajstić information content (AvgIpc) is 2.54. The van der Waals surface area contributed by atoms with E-state index in [-0.39, 0.29) is 5.54 Å². The number of ether oxygens (including phenoxy) is 1. The molecule has 0 saturated carbocycles. The van der Waals surface area contributed by atoms with Crippen molar-refractivity contribution in [2.24, 2.45) is 0 Å². The van der Waals surface area contributed by atoms with Gasteiger partial charge in [-0.2, -0.15) is 5.26 Å². The second kappa shape index (κ2) is 6.93. The van der Waals surface area contributed by atoms with Crippen molar-refractivity contribution in [3.05, 3.63) is 29.8 Å². The third-order valence-electron chi connectivity index (χ3n) is 4.31. The van der Waals surface area contributed by atoms with E-state index in [0.29, 0.717) is 0 Å². The molecule has 4 nitrogen and oxygen atoms in total. The number of hydrogen-bond acceptors (Lipinski definition) is 4. The highest BCUT2D eigenvalue weighted by Gasteiger charge is 2.29. The van der Waals surface area contributed by atoms with Crippen LogP contribution in [-0.4, -0.2) is 55.2 Å². The van der Waals surface area contributed by atoms with Crippen LogP contribution in [0.15, 0.2) is 24.3 Å². The fraction of sp³-hybridized carbons (Fsp3) is 0.588. The number of nitrogens with zero attached hydrogens (tertiary/aromatic N) is 3. The molecule has 1 fully saturated rings. The molecule has 0 atom stereocenters. The highest BCUT2D eigenvalue weighted by Crippen LogP contribution is 2.16. The number of methoxy groups -OCH3 is 1. The van der Waals surface area contributed by atoms with Gasteiger partial charge in [-0.25, -0.2) is 0 Å². The van der Waals surface area contributed by atoms with E-state index in [2.05, 4.69) is 28.0 Å². The van der Waals surface area contributed by atoms with Crippen molar-refractivity contribution in [1.82, 2.24) is 9.80 Å². The first-order chi connectivity index (χ1) is 10.0. The van der Waals surface area contributed by atoms with Gasteiger partial charge in [0.15, 0.2) is 0 Å². The summed E-state index contributed by atoms with van der Waals surface area (Å²) < 4.78 is 5.18. The fourth-order valence-corrected chi connectivity index (χ4v) is 2.68. The first-order valence-corrected chi connectivity index (χ1v) is 7.57. The molecular weight excluding hydrogens is 262 g/mol. The van der Waals surface area contributed by atoms with Crippen molar-refractivity contribution in [2.75, 3.05) is 39.8 Å². The first-order valence-electron chi connectivity index (χ1n) is 7.57. The largest absolute Gasteiger partial charge is 0.497 e. The normalized spacial score (nSPS) is 17.4. The maximum atomic E-state index is 9.19. The Morgan fingerprint density at radius 3 is 2.29 bits per heavy atom. The summed E-state index contributed by atoms with van der Waals surface area (Å²) in [5.41, 5.74) is 0.998. The molecular formula is C17H25N3O. The molecule has 0 bridgehead atoms. The molecule has 0 aromatic heterocycles. The lowest BCUT2D eigenvalue weighted by atomic mass is 10.0. The Kier molecular flexibility index (Phi) is 5.22. The fourth-order valence-electron chi connectivity index (χ4n) is 2.68. The second-order valence-corrected chi connectivity index (χ2v) is 6.10. The highest BCUT2D eigenvalue weighted by molar-refractivity contribution is 5.27. The molecule has 0 aliphatic carbocycles. The van der Waals surface area contributed by atoms with Crippen LogP contribution in [-0.2, 0) is 6.42 Å². The zero-order valence-electron chi connectivity index (χ0n) is 13.3. The summed E-state index contributed by atoms with van der Waals surface area (Å²) >= 11 is 0. The Morgan fingerprint density at radius 2 is 1.76 bits per heavy atom. The number of piperazine rings is 1. The van der Waals surface area contributed by atoms with Crippen molar-refractivity contribution in [3.8, 4) is 11.8 Å². The van der Waals surface area contributed by atoms with Crippen LogP contribution < -0.4 is 4.74 Å². The van der Waals surface area contributed by atoms with Gasteiger partial charge in [0.2, 0.25) is 0 Å². The van der Waals surface area contributed by atoms with E-state index in [1.807, 2.05) is 26.0 Å². The van der Waals surface area contributed by atoms with Gasteiger partial charge in [0, 0.05) is 32.7 Å².